The van der Waals surface area contributed by atoms with E-state index in [2.05, 4.69) is 26.0 Å². The van der Waals surface area contributed by atoms with Gasteiger partial charge in [-0.3, -0.25) is 0 Å². The summed E-state index contributed by atoms with van der Waals surface area (Å²) in [7, 11) is 0. The van der Waals surface area contributed by atoms with E-state index in [1.165, 1.54) is 9.77 Å². The summed E-state index contributed by atoms with van der Waals surface area (Å²) >= 11 is 3.49. The summed E-state index contributed by atoms with van der Waals surface area (Å²) in [4.78, 5) is 2.49. The van der Waals surface area contributed by atoms with Crippen molar-refractivity contribution in [3.8, 4) is 0 Å². The molecule has 1 unspecified atom stereocenters. The first-order valence-corrected chi connectivity index (χ1v) is 7.53. The maximum atomic E-state index is 10.2. The molecule has 0 bridgehead atoms. The van der Waals surface area contributed by atoms with Crippen molar-refractivity contribution in [2.24, 2.45) is 0 Å². The smallest absolute Gasteiger partial charge is 0.105 e. The molecule has 2 aromatic rings. The lowest BCUT2D eigenvalue weighted by Crippen LogP contribution is -1.97. The Morgan fingerprint density at radius 3 is 2.47 bits per heavy atom. The quantitative estimate of drug-likeness (QED) is 0.833. The molecule has 1 N–H and O–H groups in total. The summed E-state index contributed by atoms with van der Waals surface area (Å²) < 4.78 is 0. The topological polar surface area (TPSA) is 20.2 Å². The number of thioether (sulfide) groups is 1. The maximum absolute atomic E-state index is 10.2. The van der Waals surface area contributed by atoms with Crippen LogP contribution < -0.4 is 0 Å². The van der Waals surface area contributed by atoms with Crippen LogP contribution in [0.1, 0.15) is 29.0 Å². The van der Waals surface area contributed by atoms with E-state index in [-0.39, 0.29) is 0 Å². The summed E-state index contributed by atoms with van der Waals surface area (Å²) in [6.45, 7) is 4.20. The molecule has 0 aliphatic heterocycles. The zero-order chi connectivity index (χ0) is 12.3. The predicted octanol–water partition coefficient (Wildman–Crippen LogP) is 4.25. The molecule has 17 heavy (non-hydrogen) atoms. The Hall–Kier alpha value is -0.770. The fraction of sp³-hybridized carbons (Fsp3) is 0.286. The Balaban J connectivity index is 2.16. The zero-order valence-corrected chi connectivity index (χ0v) is 11.6. The fourth-order valence-electron chi connectivity index (χ4n) is 1.71. The van der Waals surface area contributed by atoms with Gasteiger partial charge in [-0.05, 0) is 47.4 Å². The van der Waals surface area contributed by atoms with Crippen LogP contribution in [0.2, 0.25) is 0 Å². The molecule has 0 saturated carbocycles. The highest BCUT2D eigenvalue weighted by Crippen LogP contribution is 2.27. The summed E-state index contributed by atoms with van der Waals surface area (Å²) in [5, 5.41) is 12.2. The Bertz CT molecular complexity index is 473. The highest BCUT2D eigenvalue weighted by Gasteiger charge is 2.11. The van der Waals surface area contributed by atoms with Crippen molar-refractivity contribution in [2.75, 3.05) is 5.75 Å². The van der Waals surface area contributed by atoms with E-state index in [0.29, 0.717) is 0 Å². The lowest BCUT2D eigenvalue weighted by molar-refractivity contribution is 0.220. The Morgan fingerprint density at radius 1 is 1.24 bits per heavy atom. The van der Waals surface area contributed by atoms with Gasteiger partial charge in [0.15, 0.2) is 0 Å². The molecule has 0 aliphatic rings. The molecular formula is C14H16OS2. The predicted molar refractivity (Wildman–Crippen MR) is 76.0 cm³/mol. The van der Waals surface area contributed by atoms with Crippen LogP contribution in [-0.2, 0) is 0 Å². The van der Waals surface area contributed by atoms with Gasteiger partial charge in [0.25, 0.3) is 0 Å². The number of aliphatic hydroxyl groups excluding tert-OH is 1. The minimum atomic E-state index is -0.499. The van der Waals surface area contributed by atoms with Crippen molar-refractivity contribution in [1.29, 1.82) is 0 Å². The third-order valence-corrected chi connectivity index (χ3v) is 4.35. The molecule has 0 aliphatic carbocycles. The minimum absolute atomic E-state index is 0.499. The molecule has 0 fully saturated rings. The van der Waals surface area contributed by atoms with Gasteiger partial charge in [-0.25, -0.2) is 0 Å². The van der Waals surface area contributed by atoms with Crippen LogP contribution in [-0.4, -0.2) is 10.9 Å². The van der Waals surface area contributed by atoms with Gasteiger partial charge in [0, 0.05) is 9.77 Å². The molecule has 2 rings (SSSR count). The van der Waals surface area contributed by atoms with Crippen molar-refractivity contribution in [2.45, 2.75) is 24.8 Å². The monoisotopic (exact) mass is 264 g/mol. The molecule has 0 amide bonds. The van der Waals surface area contributed by atoms with Crippen molar-refractivity contribution in [3.05, 3.63) is 51.7 Å². The number of thiophene rings is 1. The second-order valence-corrected chi connectivity index (χ2v) is 6.35. The van der Waals surface area contributed by atoms with Gasteiger partial charge in [0.2, 0.25) is 0 Å². The van der Waals surface area contributed by atoms with Gasteiger partial charge >= 0.3 is 0 Å². The number of aliphatic hydroxyl groups is 1. The summed E-state index contributed by atoms with van der Waals surface area (Å²) in [5.74, 6) is 1.08. The molecular weight excluding hydrogens is 248 g/mol. The van der Waals surface area contributed by atoms with E-state index < -0.39 is 6.10 Å². The second-order valence-electron chi connectivity index (χ2n) is 3.90. The Kier molecular flexibility index (Phi) is 4.26. The number of rotatable bonds is 4. The van der Waals surface area contributed by atoms with Gasteiger partial charge in [-0.15, -0.1) is 23.1 Å². The van der Waals surface area contributed by atoms with Crippen molar-refractivity contribution < 1.29 is 5.11 Å². The van der Waals surface area contributed by atoms with Gasteiger partial charge in [0.05, 0.1) is 0 Å². The first kappa shape index (κ1) is 12.7. The van der Waals surface area contributed by atoms with Crippen LogP contribution in [0, 0.1) is 6.92 Å². The van der Waals surface area contributed by atoms with Gasteiger partial charge in [-0.1, -0.05) is 19.1 Å². The Morgan fingerprint density at radius 2 is 1.94 bits per heavy atom. The van der Waals surface area contributed by atoms with Crippen LogP contribution >= 0.6 is 23.1 Å². The highest BCUT2D eigenvalue weighted by atomic mass is 32.2. The number of benzene rings is 1. The van der Waals surface area contributed by atoms with Gasteiger partial charge in [-0.2, -0.15) is 0 Å². The van der Waals surface area contributed by atoms with E-state index in [0.717, 1.165) is 16.9 Å². The maximum Gasteiger partial charge on any atom is 0.105 e. The number of hydrogen-bond acceptors (Lipinski definition) is 3. The van der Waals surface area contributed by atoms with Crippen molar-refractivity contribution >= 4 is 23.1 Å². The van der Waals surface area contributed by atoms with E-state index in [1.807, 2.05) is 35.3 Å². The molecule has 3 heteroatoms. The molecule has 1 heterocycles. The molecule has 1 aromatic carbocycles. The van der Waals surface area contributed by atoms with E-state index >= 15 is 0 Å². The van der Waals surface area contributed by atoms with E-state index in [4.69, 9.17) is 0 Å². The molecule has 0 spiro atoms. The lowest BCUT2D eigenvalue weighted by Gasteiger charge is -2.09. The third kappa shape index (κ3) is 3.12. The molecule has 0 radical (unpaired) electrons. The number of hydrogen-bond donors (Lipinski definition) is 1. The normalized spacial score (nSPS) is 12.6. The fourth-order valence-corrected chi connectivity index (χ4v) is 3.10. The lowest BCUT2D eigenvalue weighted by atomic mass is 10.0. The average molecular weight is 264 g/mol. The SMILES string of the molecule is CCSc1ccc(C(O)c2csc(C)c2)cc1. The summed E-state index contributed by atoms with van der Waals surface area (Å²) in [6, 6.07) is 10.2. The highest BCUT2D eigenvalue weighted by molar-refractivity contribution is 7.99. The third-order valence-electron chi connectivity index (χ3n) is 2.57. The molecule has 1 nitrogen and oxygen atoms in total. The first-order chi connectivity index (χ1) is 8.20. The van der Waals surface area contributed by atoms with Crippen LogP contribution in [0.4, 0.5) is 0 Å². The second kappa shape index (κ2) is 5.71. The minimum Gasteiger partial charge on any atom is -0.384 e. The average Bonchev–Trinajstić information content (AvgIpc) is 2.76. The van der Waals surface area contributed by atoms with Crippen LogP contribution in [0.25, 0.3) is 0 Å². The Labute approximate surface area is 111 Å². The van der Waals surface area contributed by atoms with Gasteiger partial charge in [0.1, 0.15) is 6.10 Å². The summed E-state index contributed by atoms with van der Waals surface area (Å²) in [6.07, 6.45) is -0.499. The molecule has 1 atom stereocenters. The van der Waals surface area contributed by atoms with Crippen LogP contribution in [0.15, 0.2) is 40.6 Å². The molecule has 1 aromatic heterocycles. The van der Waals surface area contributed by atoms with Crippen molar-refractivity contribution in [3.63, 3.8) is 0 Å². The summed E-state index contributed by atoms with van der Waals surface area (Å²) in [5.41, 5.74) is 1.95. The van der Waals surface area contributed by atoms with E-state index in [1.54, 1.807) is 11.3 Å². The van der Waals surface area contributed by atoms with Crippen LogP contribution in [0.3, 0.4) is 0 Å². The first-order valence-electron chi connectivity index (χ1n) is 5.66. The number of aryl methyl sites for hydroxylation is 1. The van der Waals surface area contributed by atoms with E-state index in [9.17, 15) is 5.11 Å². The standard InChI is InChI=1S/C14H16OS2/c1-3-16-13-6-4-11(5-7-13)14(15)12-8-10(2)17-9-12/h4-9,14-15H,3H2,1-2H3. The van der Waals surface area contributed by atoms with Crippen LogP contribution in [0.5, 0.6) is 0 Å². The zero-order valence-electron chi connectivity index (χ0n) is 10.0. The van der Waals surface area contributed by atoms with Crippen molar-refractivity contribution in [1.82, 2.24) is 0 Å². The van der Waals surface area contributed by atoms with Gasteiger partial charge < -0.3 is 5.11 Å². The molecule has 0 saturated heterocycles. The molecule has 90 valence electrons. The largest absolute Gasteiger partial charge is 0.384 e.